The zero-order valence-corrected chi connectivity index (χ0v) is 10.3. The van der Waals surface area contributed by atoms with Gasteiger partial charge in [0.15, 0.2) is 0 Å². The smallest absolute Gasteiger partial charge is 0.337 e. The largest absolute Gasteiger partial charge is 0.478 e. The van der Waals surface area contributed by atoms with Crippen LogP contribution in [0.4, 0.5) is 0 Å². The minimum atomic E-state index is -0.989. The number of rotatable bonds is 6. The molecule has 0 saturated carbocycles. The van der Waals surface area contributed by atoms with E-state index in [4.69, 9.17) is 5.11 Å². The Morgan fingerprint density at radius 1 is 1.47 bits per heavy atom. The highest BCUT2D eigenvalue weighted by atomic mass is 32.2. The Labute approximate surface area is 104 Å². The number of nitrogens with zero attached hydrogens (tertiary/aromatic N) is 1. The first kappa shape index (κ1) is 13.5. The molecule has 0 aromatic carbocycles. The Kier molecular flexibility index (Phi) is 5.48. The van der Waals surface area contributed by atoms with Gasteiger partial charge in [-0.1, -0.05) is 0 Å². The molecule has 0 spiro atoms. The molecule has 1 heterocycles. The van der Waals surface area contributed by atoms with E-state index in [9.17, 15) is 9.59 Å². The average molecular weight is 254 g/mol. The van der Waals surface area contributed by atoms with E-state index in [1.165, 1.54) is 24.0 Å². The van der Waals surface area contributed by atoms with Gasteiger partial charge in [-0.05, 0) is 19.1 Å². The molecule has 0 saturated heterocycles. The normalized spacial score (nSPS) is 9.94. The highest BCUT2D eigenvalue weighted by molar-refractivity contribution is 7.99. The van der Waals surface area contributed by atoms with Crippen molar-refractivity contribution in [3.8, 4) is 0 Å². The molecule has 6 heteroatoms. The lowest BCUT2D eigenvalue weighted by atomic mass is 10.3. The number of thioether (sulfide) groups is 1. The van der Waals surface area contributed by atoms with Crippen LogP contribution in [0.25, 0.3) is 0 Å². The third-order valence-electron chi connectivity index (χ3n) is 1.94. The number of carbonyl (C=O) groups excluding carboxylic acids is 1. The molecule has 0 atom stereocenters. The van der Waals surface area contributed by atoms with E-state index in [2.05, 4.69) is 10.3 Å². The number of nitrogens with one attached hydrogen (secondary N) is 1. The minimum Gasteiger partial charge on any atom is -0.478 e. The Morgan fingerprint density at radius 3 is 2.76 bits per heavy atom. The van der Waals surface area contributed by atoms with E-state index in [1.54, 1.807) is 6.07 Å². The second-order valence-corrected chi connectivity index (χ2v) is 4.36. The van der Waals surface area contributed by atoms with Crippen LogP contribution in [0.2, 0.25) is 0 Å². The Morgan fingerprint density at radius 2 is 2.24 bits per heavy atom. The van der Waals surface area contributed by atoms with Crippen molar-refractivity contribution in [1.82, 2.24) is 10.3 Å². The standard InChI is InChI=1S/C11H14N2O3S/c1-2-12-9(14)5-6-17-10-4-3-8(7-13-10)11(15)16/h3-4,7H,2,5-6H2,1H3,(H,12,14)(H,15,16). The summed E-state index contributed by atoms with van der Waals surface area (Å²) in [5.74, 6) is -0.343. The van der Waals surface area contributed by atoms with Gasteiger partial charge < -0.3 is 10.4 Å². The van der Waals surface area contributed by atoms with Gasteiger partial charge in [-0.15, -0.1) is 11.8 Å². The van der Waals surface area contributed by atoms with E-state index in [-0.39, 0.29) is 11.5 Å². The number of carboxylic acids is 1. The molecule has 0 aliphatic rings. The average Bonchev–Trinajstić information content (AvgIpc) is 2.30. The predicted molar refractivity (Wildman–Crippen MR) is 65.2 cm³/mol. The van der Waals surface area contributed by atoms with Crippen LogP contribution in [0.3, 0.4) is 0 Å². The lowest BCUT2D eigenvalue weighted by molar-refractivity contribution is -0.120. The van der Waals surface area contributed by atoms with Gasteiger partial charge in [-0.3, -0.25) is 4.79 Å². The van der Waals surface area contributed by atoms with Crippen molar-refractivity contribution < 1.29 is 14.7 Å². The van der Waals surface area contributed by atoms with Gasteiger partial charge in [0, 0.05) is 24.9 Å². The van der Waals surface area contributed by atoms with Crippen molar-refractivity contribution in [3.63, 3.8) is 0 Å². The lowest BCUT2D eigenvalue weighted by Gasteiger charge is -2.02. The molecule has 0 unspecified atom stereocenters. The van der Waals surface area contributed by atoms with E-state index < -0.39 is 5.97 Å². The number of aromatic nitrogens is 1. The molecule has 0 aliphatic carbocycles. The van der Waals surface area contributed by atoms with Crippen LogP contribution in [0.1, 0.15) is 23.7 Å². The minimum absolute atomic E-state index is 0.0159. The molecule has 0 fully saturated rings. The van der Waals surface area contributed by atoms with Crippen molar-refractivity contribution >= 4 is 23.6 Å². The summed E-state index contributed by atoms with van der Waals surface area (Å²) in [7, 11) is 0. The number of hydrogen-bond acceptors (Lipinski definition) is 4. The fourth-order valence-electron chi connectivity index (χ4n) is 1.13. The van der Waals surface area contributed by atoms with Crippen LogP contribution >= 0.6 is 11.8 Å². The number of pyridine rings is 1. The van der Waals surface area contributed by atoms with E-state index >= 15 is 0 Å². The maximum absolute atomic E-state index is 11.2. The maximum atomic E-state index is 11.2. The third kappa shape index (κ3) is 4.86. The molecule has 5 nitrogen and oxygen atoms in total. The van der Waals surface area contributed by atoms with Gasteiger partial charge in [0.25, 0.3) is 0 Å². The fraction of sp³-hybridized carbons (Fsp3) is 0.364. The number of hydrogen-bond donors (Lipinski definition) is 2. The van der Waals surface area contributed by atoms with E-state index in [0.29, 0.717) is 18.7 Å². The van der Waals surface area contributed by atoms with Gasteiger partial charge in [-0.25, -0.2) is 9.78 Å². The molecule has 0 bridgehead atoms. The zero-order chi connectivity index (χ0) is 12.7. The molecule has 1 aromatic rings. The van der Waals surface area contributed by atoms with Crippen LogP contribution in [-0.2, 0) is 4.79 Å². The Bertz CT molecular complexity index is 392. The molecule has 0 aliphatic heterocycles. The van der Waals surface area contributed by atoms with E-state index in [0.717, 1.165) is 5.03 Å². The lowest BCUT2D eigenvalue weighted by Crippen LogP contribution is -2.22. The number of carboxylic acid groups (broad SMARTS) is 1. The van der Waals surface area contributed by atoms with Crippen molar-refractivity contribution in [2.24, 2.45) is 0 Å². The number of amides is 1. The summed E-state index contributed by atoms with van der Waals surface area (Å²) < 4.78 is 0. The summed E-state index contributed by atoms with van der Waals surface area (Å²) in [6.07, 6.45) is 1.75. The SMILES string of the molecule is CCNC(=O)CCSc1ccc(C(=O)O)cn1. The third-order valence-corrected chi connectivity index (χ3v) is 2.88. The summed E-state index contributed by atoms with van der Waals surface area (Å²) in [4.78, 5) is 25.7. The zero-order valence-electron chi connectivity index (χ0n) is 9.47. The fourth-order valence-corrected chi connectivity index (χ4v) is 1.91. The second kappa shape index (κ2) is 6.90. The second-order valence-electron chi connectivity index (χ2n) is 3.24. The highest BCUT2D eigenvalue weighted by Gasteiger charge is 2.04. The predicted octanol–water partition coefficient (Wildman–Crippen LogP) is 1.40. The van der Waals surface area contributed by atoms with Gasteiger partial charge in [0.05, 0.1) is 10.6 Å². The van der Waals surface area contributed by atoms with Crippen molar-refractivity contribution in [1.29, 1.82) is 0 Å². The van der Waals surface area contributed by atoms with Crippen molar-refractivity contribution in [3.05, 3.63) is 23.9 Å². The summed E-state index contributed by atoms with van der Waals surface area (Å²) in [5.41, 5.74) is 0.165. The van der Waals surface area contributed by atoms with Crippen molar-refractivity contribution in [2.45, 2.75) is 18.4 Å². The van der Waals surface area contributed by atoms with Crippen LogP contribution in [0.5, 0.6) is 0 Å². The first-order chi connectivity index (χ1) is 8.13. The molecule has 17 heavy (non-hydrogen) atoms. The molecule has 1 rings (SSSR count). The summed E-state index contributed by atoms with van der Waals surface area (Å²) in [6, 6.07) is 3.15. The number of aromatic carboxylic acids is 1. The first-order valence-corrected chi connectivity index (χ1v) is 6.21. The molecule has 0 radical (unpaired) electrons. The molecule has 2 N–H and O–H groups in total. The molecular formula is C11H14N2O3S. The number of carbonyl (C=O) groups is 2. The van der Waals surface area contributed by atoms with Gasteiger partial charge in [0.1, 0.15) is 0 Å². The molecule has 92 valence electrons. The van der Waals surface area contributed by atoms with E-state index in [1.807, 2.05) is 6.92 Å². The van der Waals surface area contributed by atoms with Gasteiger partial charge in [0.2, 0.25) is 5.91 Å². The quantitative estimate of drug-likeness (QED) is 0.750. The molecule has 1 amide bonds. The maximum Gasteiger partial charge on any atom is 0.337 e. The van der Waals surface area contributed by atoms with Crippen LogP contribution < -0.4 is 5.32 Å². The van der Waals surface area contributed by atoms with Gasteiger partial charge >= 0.3 is 5.97 Å². The highest BCUT2D eigenvalue weighted by Crippen LogP contribution is 2.16. The first-order valence-electron chi connectivity index (χ1n) is 5.22. The van der Waals surface area contributed by atoms with Crippen LogP contribution in [0, 0.1) is 0 Å². The topological polar surface area (TPSA) is 79.3 Å². The Hall–Kier alpha value is -1.56. The Balaban J connectivity index is 2.37. The van der Waals surface area contributed by atoms with Crippen LogP contribution in [-0.4, -0.2) is 34.3 Å². The van der Waals surface area contributed by atoms with Crippen molar-refractivity contribution in [2.75, 3.05) is 12.3 Å². The molecule has 1 aromatic heterocycles. The summed E-state index contributed by atoms with van der Waals surface area (Å²) in [5, 5.41) is 12.1. The summed E-state index contributed by atoms with van der Waals surface area (Å²) >= 11 is 1.43. The summed E-state index contributed by atoms with van der Waals surface area (Å²) in [6.45, 7) is 2.51. The molecular weight excluding hydrogens is 240 g/mol. The monoisotopic (exact) mass is 254 g/mol. The van der Waals surface area contributed by atoms with Gasteiger partial charge in [-0.2, -0.15) is 0 Å². The van der Waals surface area contributed by atoms with Crippen LogP contribution in [0.15, 0.2) is 23.4 Å².